The maximum atomic E-state index is 13.0. The fourth-order valence-electron chi connectivity index (χ4n) is 2.78. The topological polar surface area (TPSA) is 67.9 Å². The van der Waals surface area contributed by atoms with E-state index in [2.05, 4.69) is 5.32 Å². The second kappa shape index (κ2) is 7.25. The molecule has 2 amide bonds. The van der Waals surface area contributed by atoms with Crippen LogP contribution in [-0.4, -0.2) is 31.6 Å². The third-order valence-electron chi connectivity index (χ3n) is 4.02. The minimum Gasteiger partial charge on any atom is -0.493 e. The number of rotatable bonds is 5. The summed E-state index contributed by atoms with van der Waals surface area (Å²) < 4.78 is 11.2. The Morgan fingerprint density at radius 1 is 1.16 bits per heavy atom. The van der Waals surface area contributed by atoms with E-state index in [4.69, 9.17) is 9.47 Å². The van der Waals surface area contributed by atoms with Crippen molar-refractivity contribution in [2.24, 2.45) is 0 Å². The second-order valence-electron chi connectivity index (χ2n) is 5.66. The highest BCUT2D eigenvalue weighted by Crippen LogP contribution is 2.31. The van der Waals surface area contributed by atoms with Crippen LogP contribution in [0, 0.1) is 0 Å². The summed E-state index contributed by atoms with van der Waals surface area (Å²) in [5, 5.41) is 2.78. The molecule has 0 unspecified atom stereocenters. The van der Waals surface area contributed by atoms with Crippen molar-refractivity contribution in [1.82, 2.24) is 0 Å². The first-order valence-corrected chi connectivity index (χ1v) is 8.14. The normalized spacial score (nSPS) is 14.3. The van der Waals surface area contributed by atoms with Crippen LogP contribution in [0.1, 0.15) is 13.3 Å². The standard InChI is InChI=1S/C19H20N2O4/c1-3-15(25-17-11-7-6-10-16(17)24-2)19(23)21-12-18(22)20-13-8-4-5-9-14(13)21/h4-11,15H,3,12H2,1-2H3,(H,20,22)/t15-/m1/s1. The molecule has 0 fully saturated rings. The van der Waals surface area contributed by atoms with Crippen LogP contribution in [-0.2, 0) is 9.59 Å². The summed E-state index contributed by atoms with van der Waals surface area (Å²) in [6, 6.07) is 14.4. The van der Waals surface area contributed by atoms with Gasteiger partial charge in [-0.3, -0.25) is 14.5 Å². The maximum Gasteiger partial charge on any atom is 0.268 e. The van der Waals surface area contributed by atoms with E-state index in [9.17, 15) is 9.59 Å². The smallest absolute Gasteiger partial charge is 0.268 e. The molecule has 130 valence electrons. The summed E-state index contributed by atoms with van der Waals surface area (Å²) in [5.74, 6) is 0.584. The Labute approximate surface area is 146 Å². The fourth-order valence-corrected chi connectivity index (χ4v) is 2.78. The Bertz CT molecular complexity index is 790. The van der Waals surface area contributed by atoms with Gasteiger partial charge in [-0.05, 0) is 30.7 Å². The zero-order valence-corrected chi connectivity index (χ0v) is 14.2. The third-order valence-corrected chi connectivity index (χ3v) is 4.02. The molecule has 1 aliphatic heterocycles. The Kier molecular flexibility index (Phi) is 4.88. The van der Waals surface area contributed by atoms with Crippen LogP contribution < -0.4 is 19.7 Å². The molecular formula is C19H20N2O4. The summed E-state index contributed by atoms with van der Waals surface area (Å²) in [6.45, 7) is 1.84. The molecule has 0 saturated heterocycles. The van der Waals surface area contributed by atoms with Gasteiger partial charge in [0, 0.05) is 0 Å². The molecule has 3 rings (SSSR count). The molecule has 1 heterocycles. The number of methoxy groups -OCH3 is 1. The summed E-state index contributed by atoms with van der Waals surface area (Å²) in [5.41, 5.74) is 1.30. The van der Waals surface area contributed by atoms with Gasteiger partial charge < -0.3 is 14.8 Å². The quantitative estimate of drug-likeness (QED) is 0.909. The van der Waals surface area contributed by atoms with Gasteiger partial charge in [-0.15, -0.1) is 0 Å². The number of benzene rings is 2. The Morgan fingerprint density at radius 3 is 2.56 bits per heavy atom. The van der Waals surface area contributed by atoms with E-state index in [1.165, 1.54) is 4.90 Å². The average Bonchev–Trinajstić information content (AvgIpc) is 2.65. The molecule has 1 aliphatic rings. The molecule has 25 heavy (non-hydrogen) atoms. The van der Waals surface area contributed by atoms with Crippen molar-refractivity contribution in [2.75, 3.05) is 23.9 Å². The molecule has 2 aromatic carbocycles. The van der Waals surface area contributed by atoms with E-state index < -0.39 is 6.10 Å². The monoisotopic (exact) mass is 340 g/mol. The number of fused-ring (bicyclic) bond motifs is 1. The highest BCUT2D eigenvalue weighted by Gasteiger charge is 2.32. The van der Waals surface area contributed by atoms with E-state index in [0.717, 1.165) is 0 Å². The zero-order chi connectivity index (χ0) is 17.8. The van der Waals surface area contributed by atoms with E-state index in [1.54, 1.807) is 25.3 Å². The lowest BCUT2D eigenvalue weighted by Crippen LogP contribution is -2.48. The molecule has 1 atom stereocenters. The van der Waals surface area contributed by atoms with Crippen LogP contribution in [0.2, 0.25) is 0 Å². The zero-order valence-electron chi connectivity index (χ0n) is 14.2. The van der Waals surface area contributed by atoms with Crippen LogP contribution in [0.3, 0.4) is 0 Å². The number of para-hydroxylation sites is 4. The van der Waals surface area contributed by atoms with E-state index in [-0.39, 0.29) is 18.4 Å². The minimum atomic E-state index is -0.713. The lowest BCUT2D eigenvalue weighted by molar-refractivity contribution is -0.127. The van der Waals surface area contributed by atoms with Crippen molar-refractivity contribution in [2.45, 2.75) is 19.4 Å². The highest BCUT2D eigenvalue weighted by molar-refractivity contribution is 6.11. The van der Waals surface area contributed by atoms with Crippen LogP contribution in [0.15, 0.2) is 48.5 Å². The minimum absolute atomic E-state index is 0.0262. The molecule has 6 nitrogen and oxygen atoms in total. The maximum absolute atomic E-state index is 13.0. The molecule has 0 radical (unpaired) electrons. The van der Waals surface area contributed by atoms with Gasteiger partial charge in [-0.2, -0.15) is 0 Å². The van der Waals surface area contributed by atoms with Gasteiger partial charge >= 0.3 is 0 Å². The Morgan fingerprint density at radius 2 is 1.84 bits per heavy atom. The van der Waals surface area contributed by atoms with Crippen LogP contribution in [0.5, 0.6) is 11.5 Å². The summed E-state index contributed by atoms with van der Waals surface area (Å²) in [4.78, 5) is 26.4. The van der Waals surface area contributed by atoms with E-state index in [0.29, 0.717) is 29.3 Å². The molecule has 2 aromatic rings. The predicted octanol–water partition coefficient (Wildman–Crippen LogP) is 2.84. The average molecular weight is 340 g/mol. The first-order chi connectivity index (χ1) is 12.1. The van der Waals surface area contributed by atoms with Crippen LogP contribution >= 0.6 is 0 Å². The SMILES string of the molecule is CC[C@@H](Oc1ccccc1OC)C(=O)N1CC(=O)Nc2ccccc21. The van der Waals surface area contributed by atoms with Crippen molar-refractivity contribution < 1.29 is 19.1 Å². The summed E-state index contributed by atoms with van der Waals surface area (Å²) >= 11 is 0. The number of nitrogens with one attached hydrogen (secondary N) is 1. The molecule has 0 saturated carbocycles. The third kappa shape index (κ3) is 3.42. The van der Waals surface area contributed by atoms with Gasteiger partial charge in [0.05, 0.1) is 18.5 Å². The number of carbonyl (C=O) groups is 2. The lowest BCUT2D eigenvalue weighted by Gasteiger charge is -2.31. The number of amides is 2. The number of ether oxygens (including phenoxy) is 2. The molecular weight excluding hydrogens is 320 g/mol. The van der Waals surface area contributed by atoms with Crippen molar-refractivity contribution in [3.63, 3.8) is 0 Å². The van der Waals surface area contributed by atoms with Crippen LogP contribution in [0.25, 0.3) is 0 Å². The van der Waals surface area contributed by atoms with Gasteiger partial charge in [0.25, 0.3) is 5.91 Å². The van der Waals surface area contributed by atoms with E-state index >= 15 is 0 Å². The van der Waals surface area contributed by atoms with Gasteiger partial charge in [-0.1, -0.05) is 31.2 Å². The molecule has 0 spiro atoms. The van der Waals surface area contributed by atoms with Gasteiger partial charge in [0.15, 0.2) is 17.6 Å². The van der Waals surface area contributed by atoms with Crippen molar-refractivity contribution >= 4 is 23.2 Å². The summed E-state index contributed by atoms with van der Waals surface area (Å²) in [6.07, 6.45) is -0.243. The number of carbonyl (C=O) groups excluding carboxylic acids is 2. The molecule has 6 heteroatoms. The number of nitrogens with zero attached hydrogens (tertiary/aromatic N) is 1. The lowest BCUT2D eigenvalue weighted by atomic mass is 10.1. The molecule has 0 bridgehead atoms. The van der Waals surface area contributed by atoms with Crippen LogP contribution in [0.4, 0.5) is 11.4 Å². The van der Waals surface area contributed by atoms with Crippen molar-refractivity contribution in [3.05, 3.63) is 48.5 Å². The van der Waals surface area contributed by atoms with Gasteiger partial charge in [0.1, 0.15) is 6.54 Å². The predicted molar refractivity (Wildman–Crippen MR) is 95.1 cm³/mol. The Balaban J connectivity index is 1.87. The number of hydrogen-bond acceptors (Lipinski definition) is 4. The summed E-state index contributed by atoms with van der Waals surface area (Å²) in [7, 11) is 1.55. The number of anilines is 2. The highest BCUT2D eigenvalue weighted by atomic mass is 16.5. The molecule has 1 N–H and O–H groups in total. The number of hydrogen-bond donors (Lipinski definition) is 1. The Hall–Kier alpha value is -3.02. The largest absolute Gasteiger partial charge is 0.493 e. The fraction of sp³-hybridized carbons (Fsp3) is 0.263. The second-order valence-corrected chi connectivity index (χ2v) is 5.66. The van der Waals surface area contributed by atoms with Gasteiger partial charge in [-0.25, -0.2) is 0 Å². The van der Waals surface area contributed by atoms with Gasteiger partial charge in [0.2, 0.25) is 5.91 Å². The first kappa shape index (κ1) is 16.8. The van der Waals surface area contributed by atoms with E-state index in [1.807, 2.05) is 37.3 Å². The first-order valence-electron chi connectivity index (χ1n) is 8.14. The van der Waals surface area contributed by atoms with Crippen molar-refractivity contribution in [3.8, 4) is 11.5 Å². The van der Waals surface area contributed by atoms with Crippen molar-refractivity contribution in [1.29, 1.82) is 0 Å². The molecule has 0 aliphatic carbocycles. The molecule has 0 aromatic heterocycles.